The van der Waals surface area contributed by atoms with Crippen LogP contribution in [-0.2, 0) is 16.0 Å². The monoisotopic (exact) mass is 349 g/mol. The third-order valence-electron chi connectivity index (χ3n) is 3.96. The number of carboxylic acid groups (broad SMARTS) is 1. The molecule has 1 aromatic heterocycles. The Morgan fingerprint density at radius 3 is 2.72 bits per heavy atom. The number of hydrogen-bond donors (Lipinski definition) is 1. The third-order valence-corrected chi connectivity index (χ3v) is 3.96. The minimum atomic E-state index is -0.841. The number of piperidine rings is 1. The van der Waals surface area contributed by atoms with Crippen LogP contribution in [0.25, 0.3) is 0 Å². The summed E-state index contributed by atoms with van der Waals surface area (Å²) >= 11 is 0. The molecule has 1 N–H and O–H groups in total. The molecule has 0 bridgehead atoms. The summed E-state index contributed by atoms with van der Waals surface area (Å²) in [6.07, 6.45) is 1.89. The van der Waals surface area contributed by atoms with Gasteiger partial charge in [-0.1, -0.05) is 0 Å². The molecule has 1 amide bonds. The van der Waals surface area contributed by atoms with Crippen molar-refractivity contribution in [2.24, 2.45) is 0 Å². The molecule has 25 heavy (non-hydrogen) atoms. The van der Waals surface area contributed by atoms with Crippen molar-refractivity contribution in [2.45, 2.75) is 64.9 Å². The van der Waals surface area contributed by atoms with Crippen LogP contribution in [0.2, 0.25) is 0 Å². The first kappa shape index (κ1) is 19.1. The van der Waals surface area contributed by atoms with Gasteiger partial charge in [-0.25, -0.2) is 14.8 Å². The van der Waals surface area contributed by atoms with Crippen LogP contribution < -0.4 is 0 Å². The first-order chi connectivity index (χ1) is 11.6. The van der Waals surface area contributed by atoms with Gasteiger partial charge < -0.3 is 14.7 Å². The van der Waals surface area contributed by atoms with E-state index in [2.05, 4.69) is 9.97 Å². The maximum Gasteiger partial charge on any atom is 0.410 e. The Bertz CT molecular complexity index is 640. The van der Waals surface area contributed by atoms with Gasteiger partial charge in [0.05, 0.1) is 6.42 Å². The van der Waals surface area contributed by atoms with Crippen molar-refractivity contribution < 1.29 is 19.4 Å². The molecule has 1 atom stereocenters. The van der Waals surface area contributed by atoms with Crippen LogP contribution in [0, 0.1) is 6.92 Å². The van der Waals surface area contributed by atoms with E-state index < -0.39 is 11.6 Å². The molecule has 0 aliphatic carbocycles. The fourth-order valence-corrected chi connectivity index (χ4v) is 2.88. The zero-order valence-corrected chi connectivity index (χ0v) is 15.4. The molecule has 1 saturated heterocycles. The van der Waals surface area contributed by atoms with E-state index in [1.807, 2.05) is 33.8 Å². The van der Waals surface area contributed by atoms with E-state index in [1.165, 1.54) is 0 Å². The molecule has 0 saturated carbocycles. The molecule has 1 aromatic rings. The fourth-order valence-electron chi connectivity index (χ4n) is 2.88. The van der Waals surface area contributed by atoms with Crippen LogP contribution >= 0.6 is 0 Å². The lowest BCUT2D eigenvalue weighted by Gasteiger charge is -2.33. The van der Waals surface area contributed by atoms with Gasteiger partial charge in [-0.05, 0) is 46.6 Å². The predicted octanol–water partition coefficient (Wildman–Crippen LogP) is 2.92. The molecule has 2 rings (SSSR count). The maximum absolute atomic E-state index is 12.3. The average molecular weight is 349 g/mol. The lowest BCUT2D eigenvalue weighted by atomic mass is 9.97. The highest BCUT2D eigenvalue weighted by Gasteiger charge is 2.29. The van der Waals surface area contributed by atoms with E-state index in [0.717, 1.165) is 24.2 Å². The van der Waals surface area contributed by atoms with Gasteiger partial charge in [-0.2, -0.15) is 0 Å². The summed E-state index contributed by atoms with van der Waals surface area (Å²) in [7, 11) is 0. The van der Waals surface area contributed by atoms with Gasteiger partial charge in [-0.15, -0.1) is 0 Å². The summed E-state index contributed by atoms with van der Waals surface area (Å²) < 4.78 is 5.45. The van der Waals surface area contributed by atoms with E-state index >= 15 is 0 Å². The molecule has 0 aromatic carbocycles. The van der Waals surface area contributed by atoms with Gasteiger partial charge >= 0.3 is 12.1 Å². The van der Waals surface area contributed by atoms with Crippen LogP contribution in [0.3, 0.4) is 0 Å². The van der Waals surface area contributed by atoms with Crippen LogP contribution in [0.15, 0.2) is 6.07 Å². The van der Waals surface area contributed by atoms with E-state index in [1.54, 1.807) is 4.90 Å². The largest absolute Gasteiger partial charge is 0.481 e. The van der Waals surface area contributed by atoms with E-state index in [-0.39, 0.29) is 18.4 Å². The first-order valence-electron chi connectivity index (χ1n) is 8.68. The number of likely N-dealkylation sites (tertiary alicyclic amines) is 1. The normalized spacial score (nSPS) is 18.1. The Kier molecular flexibility index (Phi) is 5.98. The number of rotatable bonds is 4. The lowest BCUT2D eigenvalue weighted by Crippen LogP contribution is -2.42. The van der Waals surface area contributed by atoms with Gasteiger partial charge in [0.1, 0.15) is 11.4 Å². The minimum Gasteiger partial charge on any atom is -0.481 e. The summed E-state index contributed by atoms with van der Waals surface area (Å²) in [6.45, 7) is 8.63. The number of hydrogen-bond acceptors (Lipinski definition) is 5. The van der Waals surface area contributed by atoms with Crippen LogP contribution in [0.5, 0.6) is 0 Å². The average Bonchev–Trinajstić information content (AvgIpc) is 2.51. The van der Waals surface area contributed by atoms with Crippen LogP contribution in [0.4, 0.5) is 4.79 Å². The molecule has 1 aliphatic rings. The SMILES string of the molecule is Cc1cc(CCC(=O)O)nc(C2CCCN(C(=O)OC(C)(C)C)C2)n1. The lowest BCUT2D eigenvalue weighted by molar-refractivity contribution is -0.136. The first-order valence-corrected chi connectivity index (χ1v) is 8.68. The Balaban J connectivity index is 2.10. The van der Waals surface area contributed by atoms with E-state index in [9.17, 15) is 9.59 Å². The number of aliphatic carboxylic acids is 1. The Morgan fingerprint density at radius 1 is 1.36 bits per heavy atom. The summed E-state index contributed by atoms with van der Waals surface area (Å²) in [6, 6.07) is 1.82. The molecule has 1 unspecified atom stereocenters. The third kappa shape index (κ3) is 5.99. The van der Waals surface area contributed by atoms with Gasteiger partial charge in [0.15, 0.2) is 0 Å². The van der Waals surface area contributed by atoms with Crippen molar-refractivity contribution in [3.8, 4) is 0 Å². The summed E-state index contributed by atoms with van der Waals surface area (Å²) in [4.78, 5) is 33.8. The zero-order chi connectivity index (χ0) is 18.6. The summed E-state index contributed by atoms with van der Waals surface area (Å²) in [5.74, 6) is -0.107. The Hall–Kier alpha value is -2.18. The molecular weight excluding hydrogens is 322 g/mol. The Morgan fingerprint density at radius 2 is 2.08 bits per heavy atom. The van der Waals surface area contributed by atoms with Gasteiger partial charge in [0, 0.05) is 36.8 Å². The zero-order valence-electron chi connectivity index (χ0n) is 15.4. The van der Waals surface area contributed by atoms with Crippen molar-refractivity contribution in [2.75, 3.05) is 13.1 Å². The number of nitrogens with zero attached hydrogens (tertiary/aromatic N) is 3. The van der Waals surface area contributed by atoms with Crippen molar-refractivity contribution in [3.63, 3.8) is 0 Å². The highest BCUT2D eigenvalue weighted by molar-refractivity contribution is 5.68. The second-order valence-corrected chi connectivity index (χ2v) is 7.52. The topological polar surface area (TPSA) is 92.6 Å². The number of amides is 1. The van der Waals surface area contributed by atoms with Crippen LogP contribution in [-0.4, -0.2) is 50.7 Å². The Labute approximate surface area is 148 Å². The van der Waals surface area contributed by atoms with E-state index in [4.69, 9.17) is 9.84 Å². The minimum absolute atomic E-state index is 0.0461. The fraction of sp³-hybridized carbons (Fsp3) is 0.667. The summed E-state index contributed by atoms with van der Waals surface area (Å²) in [5, 5.41) is 8.85. The van der Waals surface area contributed by atoms with Gasteiger partial charge in [-0.3, -0.25) is 4.79 Å². The maximum atomic E-state index is 12.3. The molecule has 2 heterocycles. The van der Waals surface area contributed by atoms with Crippen LogP contribution in [0.1, 0.15) is 63.2 Å². The number of ether oxygens (including phenoxy) is 1. The number of carbonyl (C=O) groups is 2. The second-order valence-electron chi connectivity index (χ2n) is 7.52. The highest BCUT2D eigenvalue weighted by Crippen LogP contribution is 2.26. The highest BCUT2D eigenvalue weighted by atomic mass is 16.6. The molecule has 1 aliphatic heterocycles. The van der Waals surface area contributed by atoms with Crippen molar-refractivity contribution in [1.29, 1.82) is 0 Å². The quantitative estimate of drug-likeness (QED) is 0.898. The molecule has 138 valence electrons. The van der Waals surface area contributed by atoms with Gasteiger partial charge in [0.2, 0.25) is 0 Å². The molecule has 0 radical (unpaired) electrons. The molecular formula is C18H27N3O4. The molecule has 7 heteroatoms. The smallest absolute Gasteiger partial charge is 0.410 e. The number of aryl methyl sites for hydroxylation is 2. The molecule has 1 fully saturated rings. The molecule has 7 nitrogen and oxygen atoms in total. The second kappa shape index (κ2) is 7.80. The van der Waals surface area contributed by atoms with E-state index in [0.29, 0.717) is 25.3 Å². The predicted molar refractivity (Wildman–Crippen MR) is 92.5 cm³/mol. The van der Waals surface area contributed by atoms with Crippen molar-refractivity contribution >= 4 is 12.1 Å². The summed E-state index contributed by atoms with van der Waals surface area (Å²) in [5.41, 5.74) is 1.03. The number of carbonyl (C=O) groups excluding carboxylic acids is 1. The van der Waals surface area contributed by atoms with Crippen molar-refractivity contribution in [3.05, 3.63) is 23.3 Å². The number of carboxylic acids is 1. The van der Waals surface area contributed by atoms with Crippen molar-refractivity contribution in [1.82, 2.24) is 14.9 Å². The standard InChI is InChI=1S/C18H27N3O4/c1-12-10-14(7-8-15(22)23)20-16(19-12)13-6-5-9-21(11-13)17(24)25-18(2,3)4/h10,13H,5-9,11H2,1-4H3,(H,22,23). The van der Waals surface area contributed by atoms with Gasteiger partial charge in [0.25, 0.3) is 0 Å². The molecule has 0 spiro atoms. The number of aromatic nitrogens is 2.